The second-order valence-corrected chi connectivity index (χ2v) is 8.35. The van der Waals surface area contributed by atoms with E-state index in [1.807, 2.05) is 91.5 Å². The predicted molar refractivity (Wildman–Crippen MR) is 129 cm³/mol. The molecule has 0 aromatic heterocycles. The first-order valence-electron chi connectivity index (χ1n) is 11.1. The van der Waals surface area contributed by atoms with Crippen LogP contribution in [0.25, 0.3) is 0 Å². The number of amides is 2. The maximum absolute atomic E-state index is 13.2. The lowest BCUT2D eigenvalue weighted by atomic mass is 10.0. The molecular weight excluding hydrogens is 398 g/mol. The Labute approximate surface area is 189 Å². The summed E-state index contributed by atoms with van der Waals surface area (Å²) in [6, 6.07) is 23.3. The molecule has 4 rings (SSSR count). The van der Waals surface area contributed by atoms with Gasteiger partial charge in [0, 0.05) is 30.9 Å². The van der Waals surface area contributed by atoms with Crippen LogP contribution in [0.3, 0.4) is 0 Å². The summed E-state index contributed by atoms with van der Waals surface area (Å²) in [5.74, 6) is 0.0901. The van der Waals surface area contributed by atoms with Crippen molar-refractivity contribution in [2.24, 2.45) is 0 Å². The van der Waals surface area contributed by atoms with Gasteiger partial charge in [-0.05, 0) is 60.7 Å². The number of hydrogen-bond acceptors (Lipinski definition) is 3. The van der Waals surface area contributed by atoms with Gasteiger partial charge < -0.3 is 10.2 Å². The van der Waals surface area contributed by atoms with Crippen LogP contribution in [0.4, 0.5) is 11.4 Å². The largest absolute Gasteiger partial charge is 0.324 e. The van der Waals surface area contributed by atoms with E-state index < -0.39 is 6.04 Å². The van der Waals surface area contributed by atoms with Crippen molar-refractivity contribution in [1.29, 1.82) is 0 Å². The van der Waals surface area contributed by atoms with Gasteiger partial charge in [-0.1, -0.05) is 54.6 Å². The summed E-state index contributed by atoms with van der Waals surface area (Å²) in [6.07, 6.45) is 1.54. The van der Waals surface area contributed by atoms with Crippen LogP contribution in [0.5, 0.6) is 0 Å². The van der Waals surface area contributed by atoms with Gasteiger partial charge >= 0.3 is 0 Å². The van der Waals surface area contributed by atoms with Gasteiger partial charge in [0.15, 0.2) is 0 Å². The topological polar surface area (TPSA) is 61.4 Å². The Morgan fingerprint density at radius 3 is 2.44 bits per heavy atom. The summed E-state index contributed by atoms with van der Waals surface area (Å²) in [5.41, 5.74) is 5.87. The third-order valence-electron chi connectivity index (χ3n) is 5.88. The molecule has 1 unspecified atom stereocenters. The Morgan fingerprint density at radius 2 is 1.75 bits per heavy atom. The highest BCUT2D eigenvalue weighted by Gasteiger charge is 2.22. The van der Waals surface area contributed by atoms with Gasteiger partial charge in [-0.25, -0.2) is 0 Å². The van der Waals surface area contributed by atoms with E-state index >= 15 is 0 Å². The number of rotatable bonds is 7. The van der Waals surface area contributed by atoms with Crippen LogP contribution in [-0.4, -0.2) is 18.4 Å². The maximum atomic E-state index is 13.2. The van der Waals surface area contributed by atoms with Crippen molar-refractivity contribution < 1.29 is 9.59 Å². The fourth-order valence-electron chi connectivity index (χ4n) is 4.02. The SMILES string of the molecule is Cc1ccc(C)c(NC(=O)C(NCc2ccc(N3CCCC3=O)cc2)c2ccccc2)c1. The van der Waals surface area contributed by atoms with Gasteiger partial charge in [-0.3, -0.25) is 14.9 Å². The number of carbonyl (C=O) groups excluding carboxylic acids is 2. The molecular formula is C27H29N3O2. The molecule has 5 heteroatoms. The molecule has 1 aliphatic heterocycles. The van der Waals surface area contributed by atoms with E-state index in [9.17, 15) is 9.59 Å². The standard InChI is InChI=1S/C27H29N3O2/c1-19-10-11-20(2)24(17-19)29-27(32)26(22-7-4-3-5-8-22)28-18-21-12-14-23(15-13-21)30-16-6-9-25(30)31/h3-5,7-8,10-15,17,26,28H,6,9,16,18H2,1-2H3,(H,29,32). The molecule has 2 amide bonds. The third-order valence-corrected chi connectivity index (χ3v) is 5.88. The van der Waals surface area contributed by atoms with Crippen LogP contribution >= 0.6 is 0 Å². The molecule has 0 radical (unpaired) electrons. The summed E-state index contributed by atoms with van der Waals surface area (Å²) >= 11 is 0. The molecule has 1 fully saturated rings. The Bertz CT molecular complexity index is 1090. The minimum Gasteiger partial charge on any atom is -0.324 e. The molecule has 1 atom stereocenters. The summed E-state index contributed by atoms with van der Waals surface area (Å²) in [7, 11) is 0. The van der Waals surface area contributed by atoms with Crippen molar-refractivity contribution >= 4 is 23.2 Å². The fourth-order valence-corrected chi connectivity index (χ4v) is 4.02. The molecule has 2 N–H and O–H groups in total. The lowest BCUT2D eigenvalue weighted by molar-refractivity contribution is -0.118. The number of hydrogen-bond donors (Lipinski definition) is 2. The second kappa shape index (κ2) is 9.79. The normalized spacial score (nSPS) is 14.4. The van der Waals surface area contributed by atoms with E-state index in [0.29, 0.717) is 13.0 Å². The highest BCUT2D eigenvalue weighted by atomic mass is 16.2. The van der Waals surface area contributed by atoms with Gasteiger partial charge in [0.1, 0.15) is 6.04 Å². The van der Waals surface area contributed by atoms with Crippen molar-refractivity contribution in [2.45, 2.75) is 39.3 Å². The van der Waals surface area contributed by atoms with Gasteiger partial charge in [0.05, 0.1) is 0 Å². The zero-order valence-corrected chi connectivity index (χ0v) is 18.6. The molecule has 0 spiro atoms. The van der Waals surface area contributed by atoms with Gasteiger partial charge in [0.2, 0.25) is 11.8 Å². The molecule has 1 saturated heterocycles. The van der Waals surface area contributed by atoms with Crippen LogP contribution in [0, 0.1) is 13.8 Å². The van der Waals surface area contributed by atoms with Crippen LogP contribution in [0.1, 0.15) is 41.1 Å². The number of nitrogens with one attached hydrogen (secondary N) is 2. The zero-order chi connectivity index (χ0) is 22.5. The molecule has 0 saturated carbocycles. The minimum atomic E-state index is -0.490. The van der Waals surface area contributed by atoms with E-state index in [2.05, 4.69) is 10.6 Å². The quantitative estimate of drug-likeness (QED) is 0.564. The smallest absolute Gasteiger partial charge is 0.246 e. The van der Waals surface area contributed by atoms with Gasteiger partial charge in [-0.15, -0.1) is 0 Å². The highest BCUT2D eigenvalue weighted by Crippen LogP contribution is 2.23. The molecule has 3 aromatic carbocycles. The molecule has 0 bridgehead atoms. The lowest BCUT2D eigenvalue weighted by Gasteiger charge is -2.20. The summed E-state index contributed by atoms with van der Waals surface area (Å²) in [5, 5.41) is 6.50. The predicted octanol–water partition coefficient (Wildman–Crippen LogP) is 4.90. The average Bonchev–Trinajstić information content (AvgIpc) is 3.23. The third kappa shape index (κ3) is 5.06. The highest BCUT2D eigenvalue weighted by molar-refractivity contribution is 5.96. The van der Waals surface area contributed by atoms with E-state index in [4.69, 9.17) is 0 Å². The number of nitrogens with zero attached hydrogens (tertiary/aromatic N) is 1. The van der Waals surface area contributed by atoms with E-state index in [0.717, 1.165) is 46.6 Å². The monoisotopic (exact) mass is 427 g/mol. The first-order valence-corrected chi connectivity index (χ1v) is 11.1. The van der Waals surface area contributed by atoms with E-state index in [1.54, 1.807) is 0 Å². The van der Waals surface area contributed by atoms with Crippen LogP contribution in [0.15, 0.2) is 72.8 Å². The number of benzene rings is 3. The van der Waals surface area contributed by atoms with Gasteiger partial charge in [0.25, 0.3) is 0 Å². The Hall–Kier alpha value is -3.44. The van der Waals surface area contributed by atoms with Crippen molar-refractivity contribution in [3.63, 3.8) is 0 Å². The molecule has 164 valence electrons. The van der Waals surface area contributed by atoms with Crippen molar-refractivity contribution in [3.8, 4) is 0 Å². The Balaban J connectivity index is 1.48. The van der Waals surface area contributed by atoms with Crippen molar-refractivity contribution in [2.75, 3.05) is 16.8 Å². The molecule has 1 heterocycles. The lowest BCUT2D eigenvalue weighted by Crippen LogP contribution is -2.33. The zero-order valence-electron chi connectivity index (χ0n) is 18.6. The number of anilines is 2. The minimum absolute atomic E-state index is 0.0933. The molecule has 32 heavy (non-hydrogen) atoms. The number of carbonyl (C=O) groups is 2. The Kier molecular flexibility index (Phi) is 6.66. The van der Waals surface area contributed by atoms with E-state index in [-0.39, 0.29) is 11.8 Å². The summed E-state index contributed by atoms with van der Waals surface area (Å²) < 4.78 is 0. The molecule has 1 aliphatic rings. The average molecular weight is 428 g/mol. The van der Waals surface area contributed by atoms with Crippen molar-refractivity contribution in [3.05, 3.63) is 95.1 Å². The molecule has 3 aromatic rings. The molecule has 0 aliphatic carbocycles. The molecule has 5 nitrogen and oxygen atoms in total. The maximum Gasteiger partial charge on any atom is 0.246 e. The second-order valence-electron chi connectivity index (χ2n) is 8.35. The van der Waals surface area contributed by atoms with Crippen LogP contribution < -0.4 is 15.5 Å². The summed E-state index contributed by atoms with van der Waals surface area (Å²) in [6.45, 7) is 5.33. The first-order chi connectivity index (χ1) is 15.5. The Morgan fingerprint density at radius 1 is 1.00 bits per heavy atom. The van der Waals surface area contributed by atoms with Crippen LogP contribution in [0.2, 0.25) is 0 Å². The van der Waals surface area contributed by atoms with Gasteiger partial charge in [-0.2, -0.15) is 0 Å². The van der Waals surface area contributed by atoms with Crippen LogP contribution in [-0.2, 0) is 16.1 Å². The number of aryl methyl sites for hydroxylation is 2. The van der Waals surface area contributed by atoms with Crippen molar-refractivity contribution in [1.82, 2.24) is 5.32 Å². The fraction of sp³-hybridized carbons (Fsp3) is 0.259. The van der Waals surface area contributed by atoms with E-state index in [1.165, 1.54) is 0 Å². The first kappa shape index (κ1) is 21.8. The summed E-state index contributed by atoms with van der Waals surface area (Å²) in [4.78, 5) is 27.0.